The zero-order valence-electron chi connectivity index (χ0n) is 19.4. The van der Waals surface area contributed by atoms with Crippen molar-refractivity contribution in [2.24, 2.45) is 0 Å². The van der Waals surface area contributed by atoms with Gasteiger partial charge in [0.05, 0.1) is 6.42 Å². The Labute approximate surface area is 194 Å². The number of carboxylic acids is 1. The van der Waals surface area contributed by atoms with Crippen molar-refractivity contribution in [1.29, 1.82) is 0 Å². The molecule has 3 N–H and O–H groups in total. The highest BCUT2D eigenvalue weighted by Crippen LogP contribution is 2.44. The molecular formula is C26H32N2O5. The summed E-state index contributed by atoms with van der Waals surface area (Å²) in [5, 5.41) is 14.6. The van der Waals surface area contributed by atoms with E-state index >= 15 is 0 Å². The van der Waals surface area contributed by atoms with Crippen LogP contribution in [0.3, 0.4) is 0 Å². The molecule has 0 radical (unpaired) electrons. The number of benzene rings is 2. The first-order valence-electron chi connectivity index (χ1n) is 11.3. The summed E-state index contributed by atoms with van der Waals surface area (Å²) in [7, 11) is 0. The second kappa shape index (κ2) is 10.5. The van der Waals surface area contributed by atoms with Gasteiger partial charge in [-0.2, -0.15) is 0 Å². The van der Waals surface area contributed by atoms with Crippen molar-refractivity contribution in [3.8, 4) is 11.1 Å². The molecular weight excluding hydrogens is 420 g/mol. The average molecular weight is 453 g/mol. The molecule has 0 aliphatic heterocycles. The van der Waals surface area contributed by atoms with Crippen molar-refractivity contribution in [3.05, 3.63) is 59.7 Å². The zero-order valence-corrected chi connectivity index (χ0v) is 19.4. The summed E-state index contributed by atoms with van der Waals surface area (Å²) < 4.78 is 5.57. The van der Waals surface area contributed by atoms with E-state index in [1.165, 1.54) is 0 Å². The number of carbonyl (C=O) groups is 3. The van der Waals surface area contributed by atoms with Gasteiger partial charge in [0.1, 0.15) is 6.61 Å². The normalized spacial score (nSPS) is 13.5. The average Bonchev–Trinajstić information content (AvgIpc) is 3.05. The van der Waals surface area contributed by atoms with Crippen molar-refractivity contribution in [3.63, 3.8) is 0 Å². The number of carboxylic acid groups (broad SMARTS) is 1. The summed E-state index contributed by atoms with van der Waals surface area (Å²) in [5.74, 6) is -1.30. The maximum atomic E-state index is 12.5. The molecule has 0 saturated carbocycles. The van der Waals surface area contributed by atoms with E-state index in [-0.39, 0.29) is 31.3 Å². The van der Waals surface area contributed by atoms with Gasteiger partial charge in [-0.1, -0.05) is 61.9 Å². The number of amides is 2. The highest BCUT2D eigenvalue weighted by Gasteiger charge is 2.30. The molecule has 0 aromatic heterocycles. The van der Waals surface area contributed by atoms with Gasteiger partial charge in [-0.15, -0.1) is 0 Å². The number of rotatable bonds is 10. The van der Waals surface area contributed by atoms with E-state index in [1.807, 2.05) is 31.2 Å². The maximum absolute atomic E-state index is 12.5. The number of fused-ring (bicyclic) bond motifs is 3. The molecule has 0 fully saturated rings. The van der Waals surface area contributed by atoms with Crippen molar-refractivity contribution in [2.45, 2.75) is 64.0 Å². The lowest BCUT2D eigenvalue weighted by atomic mass is 9.98. The fourth-order valence-electron chi connectivity index (χ4n) is 4.42. The van der Waals surface area contributed by atoms with Crippen LogP contribution in [0.2, 0.25) is 0 Å². The molecule has 0 unspecified atom stereocenters. The van der Waals surface area contributed by atoms with E-state index in [4.69, 9.17) is 9.84 Å². The number of aliphatic carboxylic acids is 1. The highest BCUT2D eigenvalue weighted by atomic mass is 16.5. The highest BCUT2D eigenvalue weighted by molar-refractivity contribution is 5.80. The number of alkyl carbamates (subject to hydrolysis) is 1. The molecule has 0 heterocycles. The van der Waals surface area contributed by atoms with E-state index in [9.17, 15) is 14.4 Å². The second-order valence-electron chi connectivity index (χ2n) is 9.16. The van der Waals surface area contributed by atoms with Crippen molar-refractivity contribution >= 4 is 18.0 Å². The molecule has 1 atom stereocenters. The van der Waals surface area contributed by atoms with Crippen LogP contribution < -0.4 is 10.6 Å². The van der Waals surface area contributed by atoms with E-state index in [1.54, 1.807) is 13.8 Å². The van der Waals surface area contributed by atoms with E-state index in [0.29, 0.717) is 6.42 Å². The fourth-order valence-corrected chi connectivity index (χ4v) is 4.42. The molecule has 176 valence electrons. The third kappa shape index (κ3) is 6.34. The second-order valence-corrected chi connectivity index (χ2v) is 9.16. The third-order valence-corrected chi connectivity index (χ3v) is 5.81. The molecule has 0 spiro atoms. The van der Waals surface area contributed by atoms with Crippen molar-refractivity contribution in [1.82, 2.24) is 10.6 Å². The Hall–Kier alpha value is -3.35. The van der Waals surface area contributed by atoms with E-state index in [2.05, 4.69) is 34.9 Å². The predicted octanol–water partition coefficient (Wildman–Crippen LogP) is 4.45. The molecule has 7 nitrogen and oxygen atoms in total. The first-order valence-corrected chi connectivity index (χ1v) is 11.3. The van der Waals surface area contributed by atoms with Gasteiger partial charge in [0.2, 0.25) is 5.91 Å². The molecule has 0 saturated heterocycles. The number of nitrogens with one attached hydrogen (secondary N) is 2. The molecule has 1 aliphatic rings. The lowest BCUT2D eigenvalue weighted by Crippen LogP contribution is -2.48. The van der Waals surface area contributed by atoms with E-state index in [0.717, 1.165) is 28.7 Å². The summed E-state index contributed by atoms with van der Waals surface area (Å²) in [4.78, 5) is 36.0. The van der Waals surface area contributed by atoms with Gasteiger partial charge in [0.15, 0.2) is 0 Å². The largest absolute Gasteiger partial charge is 0.481 e. The van der Waals surface area contributed by atoms with Crippen molar-refractivity contribution < 1.29 is 24.2 Å². The smallest absolute Gasteiger partial charge is 0.407 e. The quantitative estimate of drug-likeness (QED) is 0.494. The minimum absolute atomic E-state index is 0.0109. The first-order chi connectivity index (χ1) is 15.7. The minimum Gasteiger partial charge on any atom is -0.481 e. The summed E-state index contributed by atoms with van der Waals surface area (Å²) >= 11 is 0. The van der Waals surface area contributed by atoms with Gasteiger partial charge < -0.3 is 20.5 Å². The molecule has 7 heteroatoms. The van der Waals surface area contributed by atoms with Crippen LogP contribution in [0.5, 0.6) is 0 Å². The summed E-state index contributed by atoms with van der Waals surface area (Å²) in [6.45, 7) is 5.60. The predicted molar refractivity (Wildman–Crippen MR) is 126 cm³/mol. The van der Waals surface area contributed by atoms with Crippen molar-refractivity contribution in [2.75, 3.05) is 6.61 Å². The van der Waals surface area contributed by atoms with Crippen LogP contribution in [0.25, 0.3) is 11.1 Å². The molecule has 33 heavy (non-hydrogen) atoms. The Balaban J connectivity index is 1.56. The molecule has 2 aromatic rings. The third-order valence-electron chi connectivity index (χ3n) is 5.81. The molecule has 2 amide bonds. The Kier molecular flexibility index (Phi) is 7.74. The number of hydrogen-bond donors (Lipinski definition) is 3. The number of hydrogen-bond acceptors (Lipinski definition) is 4. The number of carbonyl (C=O) groups excluding carboxylic acids is 2. The van der Waals surface area contributed by atoms with Crippen LogP contribution in [0.1, 0.15) is 63.5 Å². The zero-order chi connectivity index (χ0) is 24.0. The van der Waals surface area contributed by atoms with Crippen LogP contribution in [-0.4, -0.2) is 41.3 Å². The maximum Gasteiger partial charge on any atom is 0.407 e. The van der Waals surface area contributed by atoms with Crippen LogP contribution in [-0.2, 0) is 14.3 Å². The lowest BCUT2D eigenvalue weighted by molar-refractivity contribution is -0.137. The van der Waals surface area contributed by atoms with Gasteiger partial charge in [-0.25, -0.2) is 4.79 Å². The molecule has 2 aromatic carbocycles. The van der Waals surface area contributed by atoms with Crippen LogP contribution in [0.4, 0.5) is 4.79 Å². The molecule has 0 bridgehead atoms. The SMILES string of the molecule is CCC[C@@H](CC(=O)O)NC(=O)CC(C)(C)NC(=O)OCC1c2ccccc2-c2ccccc21. The minimum atomic E-state index is -0.954. The Morgan fingerprint density at radius 3 is 2.15 bits per heavy atom. The summed E-state index contributed by atoms with van der Waals surface area (Å²) in [5.41, 5.74) is 3.72. The topological polar surface area (TPSA) is 105 Å². The summed E-state index contributed by atoms with van der Waals surface area (Å²) in [6.07, 6.45) is 0.639. The van der Waals surface area contributed by atoms with E-state index < -0.39 is 23.6 Å². The lowest BCUT2D eigenvalue weighted by Gasteiger charge is -2.27. The fraction of sp³-hybridized carbons (Fsp3) is 0.423. The van der Waals surface area contributed by atoms with Crippen LogP contribution in [0.15, 0.2) is 48.5 Å². The van der Waals surface area contributed by atoms with Gasteiger partial charge in [0.25, 0.3) is 0 Å². The number of ether oxygens (including phenoxy) is 1. The monoisotopic (exact) mass is 452 g/mol. The van der Waals surface area contributed by atoms with Gasteiger partial charge in [-0.05, 0) is 42.5 Å². The standard InChI is InChI=1S/C26H32N2O5/c1-4-9-17(14-24(30)31)27-23(29)15-26(2,3)28-25(32)33-16-22-20-12-7-5-10-18(20)19-11-6-8-13-21(19)22/h5-8,10-13,17,22H,4,9,14-16H2,1-3H3,(H,27,29)(H,28,32)(H,30,31)/t17-/m0/s1. The Bertz CT molecular complexity index is 972. The van der Waals surface area contributed by atoms with Gasteiger partial charge in [0, 0.05) is 23.9 Å². The van der Waals surface area contributed by atoms with Crippen LogP contribution in [0, 0.1) is 0 Å². The molecule has 3 rings (SSSR count). The molecule has 1 aliphatic carbocycles. The van der Waals surface area contributed by atoms with Crippen LogP contribution >= 0.6 is 0 Å². The first kappa shape index (κ1) is 24.3. The van der Waals surface area contributed by atoms with Gasteiger partial charge in [-0.3, -0.25) is 9.59 Å². The van der Waals surface area contributed by atoms with Gasteiger partial charge >= 0.3 is 12.1 Å². The Morgan fingerprint density at radius 2 is 1.61 bits per heavy atom. The summed E-state index contributed by atoms with van der Waals surface area (Å²) in [6, 6.07) is 15.8. The Morgan fingerprint density at radius 1 is 1.03 bits per heavy atom.